The lowest BCUT2D eigenvalue weighted by molar-refractivity contribution is -0.140. The Morgan fingerprint density at radius 3 is 2.64 bits per heavy atom. The quantitative estimate of drug-likeness (QED) is 0.767. The van der Waals surface area contributed by atoms with Crippen LogP contribution >= 0.6 is 0 Å². The first kappa shape index (κ1) is 16.9. The van der Waals surface area contributed by atoms with Crippen molar-refractivity contribution in [2.45, 2.75) is 83.2 Å². The minimum absolute atomic E-state index is 0.280. The maximum atomic E-state index is 11.3. The van der Waals surface area contributed by atoms with Crippen molar-refractivity contribution in [2.24, 2.45) is 0 Å². The number of nitrogens with zero attached hydrogens (tertiary/aromatic N) is 2. The molecule has 1 unspecified atom stereocenters. The molecular weight excluding hydrogens is 282 g/mol. The number of hydrogen-bond acceptors (Lipinski definition) is 5. The second-order valence-corrected chi connectivity index (χ2v) is 6.15. The van der Waals surface area contributed by atoms with Crippen molar-refractivity contribution in [3.63, 3.8) is 0 Å². The lowest BCUT2D eigenvalue weighted by Gasteiger charge is -2.29. The van der Waals surface area contributed by atoms with E-state index in [9.17, 15) is 9.90 Å². The molecule has 1 heterocycles. The van der Waals surface area contributed by atoms with Crippen LogP contribution in [0.5, 0.6) is 0 Å². The van der Waals surface area contributed by atoms with Gasteiger partial charge in [-0.2, -0.15) is 4.98 Å². The van der Waals surface area contributed by atoms with Crippen LogP contribution in [0.1, 0.15) is 76.4 Å². The predicted molar refractivity (Wildman–Crippen MR) is 82.8 cm³/mol. The molecule has 1 fully saturated rings. The van der Waals surface area contributed by atoms with Gasteiger partial charge in [-0.25, -0.2) is 0 Å². The third-order valence-electron chi connectivity index (χ3n) is 4.46. The average molecular weight is 309 g/mol. The number of aliphatic carboxylic acids is 1. The predicted octanol–water partition coefficient (Wildman–Crippen LogP) is 2.89. The summed E-state index contributed by atoms with van der Waals surface area (Å²) in [6.07, 6.45) is 7.34. The SMILES string of the molecule is CCCCC(NC1CCC(c2nc(CC)no2)CC1)C(=O)O. The largest absolute Gasteiger partial charge is 0.480 e. The summed E-state index contributed by atoms with van der Waals surface area (Å²) in [7, 11) is 0. The molecule has 0 spiro atoms. The molecular formula is C16H27N3O3. The zero-order chi connectivity index (χ0) is 15.9. The number of nitrogens with one attached hydrogen (secondary N) is 1. The van der Waals surface area contributed by atoms with Gasteiger partial charge in [0.05, 0.1) is 0 Å². The topological polar surface area (TPSA) is 88.3 Å². The van der Waals surface area contributed by atoms with Gasteiger partial charge < -0.3 is 14.9 Å². The zero-order valence-corrected chi connectivity index (χ0v) is 13.5. The number of carboxylic acid groups (broad SMARTS) is 1. The van der Waals surface area contributed by atoms with E-state index < -0.39 is 12.0 Å². The summed E-state index contributed by atoms with van der Waals surface area (Å²) in [5.74, 6) is 1.10. The van der Waals surface area contributed by atoms with E-state index in [-0.39, 0.29) is 6.04 Å². The lowest BCUT2D eigenvalue weighted by atomic mass is 9.85. The Kier molecular flexibility index (Phi) is 6.36. The van der Waals surface area contributed by atoms with Crippen molar-refractivity contribution in [1.29, 1.82) is 0 Å². The van der Waals surface area contributed by atoms with E-state index in [2.05, 4.69) is 22.4 Å². The summed E-state index contributed by atoms with van der Waals surface area (Å²) in [6, 6.07) is -0.139. The van der Waals surface area contributed by atoms with E-state index in [1.807, 2.05) is 6.92 Å². The van der Waals surface area contributed by atoms with Crippen molar-refractivity contribution in [3.05, 3.63) is 11.7 Å². The molecule has 2 N–H and O–H groups in total. The number of unbranched alkanes of at least 4 members (excludes halogenated alkanes) is 1. The van der Waals surface area contributed by atoms with Crippen molar-refractivity contribution in [2.75, 3.05) is 0 Å². The highest BCUT2D eigenvalue weighted by atomic mass is 16.5. The maximum absolute atomic E-state index is 11.3. The first-order valence-corrected chi connectivity index (χ1v) is 8.45. The van der Waals surface area contributed by atoms with Crippen LogP contribution in [0.3, 0.4) is 0 Å². The summed E-state index contributed by atoms with van der Waals surface area (Å²) in [5, 5.41) is 16.6. The van der Waals surface area contributed by atoms with E-state index in [0.717, 1.165) is 56.7 Å². The summed E-state index contributed by atoms with van der Waals surface area (Å²) >= 11 is 0. The van der Waals surface area contributed by atoms with E-state index in [0.29, 0.717) is 12.3 Å². The zero-order valence-electron chi connectivity index (χ0n) is 13.5. The molecule has 1 aromatic rings. The Balaban J connectivity index is 1.82. The van der Waals surface area contributed by atoms with Crippen LogP contribution in [0.2, 0.25) is 0 Å². The minimum atomic E-state index is -0.736. The van der Waals surface area contributed by atoms with E-state index in [4.69, 9.17) is 4.52 Å². The van der Waals surface area contributed by atoms with Crippen LogP contribution < -0.4 is 5.32 Å². The smallest absolute Gasteiger partial charge is 0.320 e. The van der Waals surface area contributed by atoms with Gasteiger partial charge in [-0.3, -0.25) is 4.79 Å². The third-order valence-corrected chi connectivity index (χ3v) is 4.46. The van der Waals surface area contributed by atoms with Crippen LogP contribution in [0.15, 0.2) is 4.52 Å². The fourth-order valence-electron chi connectivity index (χ4n) is 3.05. The number of hydrogen-bond donors (Lipinski definition) is 2. The molecule has 1 aliphatic carbocycles. The van der Waals surface area contributed by atoms with Gasteiger partial charge in [0.1, 0.15) is 6.04 Å². The highest BCUT2D eigenvalue weighted by molar-refractivity contribution is 5.73. The molecule has 1 atom stereocenters. The van der Waals surface area contributed by atoms with Gasteiger partial charge in [-0.1, -0.05) is 31.8 Å². The Bertz CT molecular complexity index is 467. The van der Waals surface area contributed by atoms with Gasteiger partial charge in [-0.15, -0.1) is 0 Å². The second kappa shape index (κ2) is 8.27. The standard InChI is InChI=1S/C16H27N3O3/c1-3-5-6-13(16(20)21)17-12-9-7-11(8-10-12)15-18-14(4-2)19-22-15/h11-13,17H,3-10H2,1-2H3,(H,20,21). The van der Waals surface area contributed by atoms with Crippen molar-refractivity contribution in [1.82, 2.24) is 15.5 Å². The van der Waals surface area contributed by atoms with Crippen molar-refractivity contribution >= 4 is 5.97 Å². The molecule has 2 rings (SSSR count). The third kappa shape index (κ3) is 4.53. The molecule has 1 aromatic heterocycles. The Hall–Kier alpha value is -1.43. The Labute approximate surface area is 131 Å². The summed E-state index contributed by atoms with van der Waals surface area (Å²) < 4.78 is 5.33. The molecule has 0 radical (unpaired) electrons. The fraction of sp³-hybridized carbons (Fsp3) is 0.812. The molecule has 124 valence electrons. The average Bonchev–Trinajstić information content (AvgIpc) is 3.00. The van der Waals surface area contributed by atoms with Gasteiger partial charge in [0.2, 0.25) is 5.89 Å². The number of aromatic nitrogens is 2. The Morgan fingerprint density at radius 2 is 2.09 bits per heavy atom. The number of aryl methyl sites for hydroxylation is 1. The minimum Gasteiger partial charge on any atom is -0.480 e. The van der Waals surface area contributed by atoms with Gasteiger partial charge in [0, 0.05) is 18.4 Å². The van der Waals surface area contributed by atoms with E-state index >= 15 is 0 Å². The first-order chi connectivity index (χ1) is 10.6. The highest BCUT2D eigenvalue weighted by Gasteiger charge is 2.28. The molecule has 6 heteroatoms. The second-order valence-electron chi connectivity index (χ2n) is 6.15. The monoisotopic (exact) mass is 309 g/mol. The lowest BCUT2D eigenvalue weighted by Crippen LogP contribution is -2.44. The fourth-order valence-corrected chi connectivity index (χ4v) is 3.05. The number of rotatable bonds is 8. The summed E-state index contributed by atoms with van der Waals surface area (Å²) in [5.41, 5.74) is 0. The summed E-state index contributed by atoms with van der Waals surface area (Å²) in [6.45, 7) is 4.09. The number of carbonyl (C=O) groups is 1. The highest BCUT2D eigenvalue weighted by Crippen LogP contribution is 2.32. The summed E-state index contributed by atoms with van der Waals surface area (Å²) in [4.78, 5) is 15.7. The first-order valence-electron chi connectivity index (χ1n) is 8.45. The van der Waals surface area contributed by atoms with Gasteiger partial charge >= 0.3 is 5.97 Å². The van der Waals surface area contributed by atoms with Crippen LogP contribution in [0, 0.1) is 0 Å². The van der Waals surface area contributed by atoms with E-state index in [1.165, 1.54) is 0 Å². The van der Waals surface area contributed by atoms with Gasteiger partial charge in [-0.05, 0) is 32.1 Å². The van der Waals surface area contributed by atoms with Crippen LogP contribution in [0.4, 0.5) is 0 Å². The molecule has 0 bridgehead atoms. The van der Waals surface area contributed by atoms with Gasteiger partial charge in [0.15, 0.2) is 5.82 Å². The van der Waals surface area contributed by atoms with Gasteiger partial charge in [0.25, 0.3) is 0 Å². The normalized spacial score (nSPS) is 23.4. The molecule has 0 aromatic carbocycles. The molecule has 1 saturated carbocycles. The van der Waals surface area contributed by atoms with Crippen LogP contribution in [-0.4, -0.2) is 33.3 Å². The van der Waals surface area contributed by atoms with E-state index in [1.54, 1.807) is 0 Å². The molecule has 0 saturated heterocycles. The Morgan fingerprint density at radius 1 is 1.36 bits per heavy atom. The molecule has 22 heavy (non-hydrogen) atoms. The maximum Gasteiger partial charge on any atom is 0.320 e. The molecule has 0 amide bonds. The van der Waals surface area contributed by atoms with Crippen LogP contribution in [-0.2, 0) is 11.2 Å². The molecule has 6 nitrogen and oxygen atoms in total. The molecule has 1 aliphatic rings. The number of carboxylic acids is 1. The molecule has 0 aliphatic heterocycles. The van der Waals surface area contributed by atoms with Crippen LogP contribution in [0.25, 0.3) is 0 Å². The van der Waals surface area contributed by atoms with Crippen molar-refractivity contribution in [3.8, 4) is 0 Å². The van der Waals surface area contributed by atoms with Crippen molar-refractivity contribution < 1.29 is 14.4 Å².